The molecule has 3 rings (SSSR count). The van der Waals surface area contributed by atoms with E-state index < -0.39 is 0 Å². The summed E-state index contributed by atoms with van der Waals surface area (Å²) in [6.45, 7) is 2.24. The van der Waals surface area contributed by atoms with Crippen molar-refractivity contribution in [1.82, 2.24) is 15.0 Å². The molecule has 0 bridgehead atoms. The highest BCUT2D eigenvalue weighted by atomic mass is 79.9. The summed E-state index contributed by atoms with van der Waals surface area (Å²) in [6.07, 6.45) is 7.88. The maximum absolute atomic E-state index is 4.62. The first-order valence-corrected chi connectivity index (χ1v) is 9.60. The van der Waals surface area contributed by atoms with Gasteiger partial charge >= 0.3 is 0 Å². The number of unbranched alkanes of at least 4 members (excludes halogenated alkanes) is 3. The van der Waals surface area contributed by atoms with Crippen LogP contribution in [0.25, 0.3) is 22.8 Å². The molecule has 128 valence electrons. The van der Waals surface area contributed by atoms with Crippen LogP contribution in [0.2, 0.25) is 0 Å². The van der Waals surface area contributed by atoms with Gasteiger partial charge < -0.3 is 0 Å². The van der Waals surface area contributed by atoms with E-state index in [-0.39, 0.29) is 0 Å². The van der Waals surface area contributed by atoms with Crippen LogP contribution in [0.4, 0.5) is 0 Å². The van der Waals surface area contributed by atoms with Crippen molar-refractivity contribution in [3.8, 4) is 22.8 Å². The van der Waals surface area contributed by atoms with Crippen LogP contribution in [0.5, 0.6) is 0 Å². The monoisotopic (exact) mass is 395 g/mol. The predicted molar refractivity (Wildman–Crippen MR) is 106 cm³/mol. The summed E-state index contributed by atoms with van der Waals surface area (Å²) in [5.41, 5.74) is 3.39. The average Bonchev–Trinajstić information content (AvgIpc) is 2.66. The highest BCUT2D eigenvalue weighted by molar-refractivity contribution is 9.10. The normalized spacial score (nSPS) is 10.8. The molecule has 0 aliphatic carbocycles. The maximum Gasteiger partial charge on any atom is 0.163 e. The summed E-state index contributed by atoms with van der Waals surface area (Å²) in [7, 11) is 0. The van der Waals surface area contributed by atoms with Gasteiger partial charge in [0.15, 0.2) is 11.6 Å². The van der Waals surface area contributed by atoms with Crippen molar-refractivity contribution < 1.29 is 0 Å². The molecule has 2 aromatic carbocycles. The molecule has 0 radical (unpaired) electrons. The van der Waals surface area contributed by atoms with Crippen molar-refractivity contribution in [2.45, 2.75) is 39.0 Å². The minimum atomic E-state index is 0.696. The minimum absolute atomic E-state index is 0.696. The Labute approximate surface area is 157 Å². The third-order valence-corrected chi connectivity index (χ3v) is 4.73. The van der Waals surface area contributed by atoms with Crippen LogP contribution in [0.1, 0.15) is 38.2 Å². The zero-order valence-electron chi connectivity index (χ0n) is 14.5. The largest absolute Gasteiger partial charge is 0.217 e. The molecule has 3 nitrogen and oxygen atoms in total. The van der Waals surface area contributed by atoms with Crippen molar-refractivity contribution in [1.29, 1.82) is 0 Å². The van der Waals surface area contributed by atoms with E-state index >= 15 is 0 Å². The van der Waals surface area contributed by atoms with Gasteiger partial charge in [-0.15, -0.1) is 0 Å². The Balaban J connectivity index is 1.73. The first-order chi connectivity index (χ1) is 12.3. The first-order valence-electron chi connectivity index (χ1n) is 8.80. The summed E-state index contributed by atoms with van der Waals surface area (Å²) in [6, 6.07) is 16.6. The van der Waals surface area contributed by atoms with E-state index in [0.29, 0.717) is 11.6 Å². The lowest BCUT2D eigenvalue weighted by Crippen LogP contribution is -1.95. The van der Waals surface area contributed by atoms with E-state index in [1.807, 2.05) is 24.3 Å². The average molecular weight is 396 g/mol. The zero-order valence-corrected chi connectivity index (χ0v) is 16.0. The lowest BCUT2D eigenvalue weighted by Gasteiger charge is -2.05. The van der Waals surface area contributed by atoms with Crippen LogP contribution >= 0.6 is 15.9 Å². The Kier molecular flexibility index (Phi) is 6.29. The van der Waals surface area contributed by atoms with Crippen LogP contribution in [0.3, 0.4) is 0 Å². The van der Waals surface area contributed by atoms with Crippen molar-refractivity contribution in [3.05, 3.63) is 64.9 Å². The Morgan fingerprint density at radius 3 is 1.96 bits per heavy atom. The molecular weight excluding hydrogens is 374 g/mol. The molecule has 4 heteroatoms. The lowest BCUT2D eigenvalue weighted by molar-refractivity contribution is 0.667. The number of aromatic nitrogens is 3. The van der Waals surface area contributed by atoms with Crippen LogP contribution < -0.4 is 0 Å². The van der Waals surface area contributed by atoms with Crippen molar-refractivity contribution in [2.24, 2.45) is 0 Å². The second-order valence-electron chi connectivity index (χ2n) is 6.15. The number of hydrogen-bond acceptors (Lipinski definition) is 3. The summed E-state index contributed by atoms with van der Waals surface area (Å²) in [5, 5.41) is 0. The van der Waals surface area contributed by atoms with Gasteiger partial charge in [-0.3, -0.25) is 0 Å². The smallest absolute Gasteiger partial charge is 0.163 e. The van der Waals surface area contributed by atoms with Gasteiger partial charge in [-0.1, -0.05) is 78.5 Å². The molecule has 1 aromatic heterocycles. The van der Waals surface area contributed by atoms with Crippen molar-refractivity contribution in [2.75, 3.05) is 0 Å². The zero-order chi connectivity index (χ0) is 17.5. The topological polar surface area (TPSA) is 38.7 Å². The van der Waals surface area contributed by atoms with E-state index in [0.717, 1.165) is 22.0 Å². The molecular formula is C21H22BrN3. The first kappa shape index (κ1) is 17.7. The van der Waals surface area contributed by atoms with Gasteiger partial charge in [-0.25, -0.2) is 15.0 Å². The maximum atomic E-state index is 4.62. The van der Waals surface area contributed by atoms with Gasteiger partial charge in [-0.05, 0) is 30.5 Å². The van der Waals surface area contributed by atoms with Gasteiger partial charge in [-0.2, -0.15) is 0 Å². The second kappa shape index (κ2) is 8.86. The van der Waals surface area contributed by atoms with E-state index in [2.05, 4.69) is 62.1 Å². The van der Waals surface area contributed by atoms with Crippen LogP contribution in [-0.2, 0) is 6.42 Å². The predicted octanol–water partition coefficient (Wildman–Crippen LogP) is 6.09. The minimum Gasteiger partial charge on any atom is -0.217 e. The van der Waals surface area contributed by atoms with Gasteiger partial charge in [0.25, 0.3) is 0 Å². The summed E-state index contributed by atoms with van der Waals surface area (Å²) in [4.78, 5) is 13.3. The van der Waals surface area contributed by atoms with Crippen molar-refractivity contribution >= 4 is 15.9 Å². The molecule has 0 aliphatic heterocycles. The van der Waals surface area contributed by atoms with E-state index in [4.69, 9.17) is 0 Å². The van der Waals surface area contributed by atoms with Gasteiger partial charge in [0, 0.05) is 15.6 Å². The molecule has 25 heavy (non-hydrogen) atoms. The molecule has 0 amide bonds. The van der Waals surface area contributed by atoms with E-state index in [1.54, 1.807) is 6.33 Å². The summed E-state index contributed by atoms with van der Waals surface area (Å²) >= 11 is 3.45. The Morgan fingerprint density at radius 2 is 1.36 bits per heavy atom. The fraction of sp³-hybridized carbons (Fsp3) is 0.286. The summed E-state index contributed by atoms with van der Waals surface area (Å²) in [5.74, 6) is 1.41. The number of halogens is 1. The molecule has 1 heterocycles. The van der Waals surface area contributed by atoms with Crippen LogP contribution in [-0.4, -0.2) is 15.0 Å². The molecule has 0 atom stereocenters. The number of aryl methyl sites for hydroxylation is 1. The molecule has 0 unspecified atom stereocenters. The third-order valence-electron chi connectivity index (χ3n) is 4.21. The van der Waals surface area contributed by atoms with Crippen LogP contribution in [0.15, 0.2) is 59.3 Å². The van der Waals surface area contributed by atoms with Gasteiger partial charge in [0.1, 0.15) is 6.33 Å². The standard InChI is InChI=1S/C21H22BrN3/c1-2-3-4-5-6-16-7-9-17(10-8-16)20-23-15-24-21(25-20)18-11-13-19(22)14-12-18/h7-15H,2-6H2,1H3. The highest BCUT2D eigenvalue weighted by Gasteiger charge is 2.06. The Morgan fingerprint density at radius 1 is 0.760 bits per heavy atom. The number of hydrogen-bond donors (Lipinski definition) is 0. The summed E-state index contributed by atoms with van der Waals surface area (Å²) < 4.78 is 1.04. The molecule has 3 aromatic rings. The van der Waals surface area contributed by atoms with E-state index in [9.17, 15) is 0 Å². The fourth-order valence-electron chi connectivity index (χ4n) is 2.75. The molecule has 0 saturated heterocycles. The van der Waals surface area contributed by atoms with Gasteiger partial charge in [0.05, 0.1) is 0 Å². The molecule has 0 spiro atoms. The fourth-order valence-corrected chi connectivity index (χ4v) is 3.01. The number of benzene rings is 2. The van der Waals surface area contributed by atoms with Crippen LogP contribution in [0, 0.1) is 0 Å². The lowest BCUT2D eigenvalue weighted by atomic mass is 10.0. The molecule has 0 saturated carbocycles. The molecule has 0 fully saturated rings. The highest BCUT2D eigenvalue weighted by Crippen LogP contribution is 2.21. The number of nitrogens with zero attached hydrogens (tertiary/aromatic N) is 3. The third kappa shape index (κ3) is 4.95. The van der Waals surface area contributed by atoms with E-state index in [1.165, 1.54) is 31.2 Å². The molecule has 0 aliphatic rings. The second-order valence-corrected chi connectivity index (χ2v) is 7.06. The van der Waals surface area contributed by atoms with Crippen molar-refractivity contribution in [3.63, 3.8) is 0 Å². The quantitative estimate of drug-likeness (QED) is 0.454. The Hall–Kier alpha value is -2.07. The Bertz CT molecular complexity index is 798. The number of rotatable bonds is 7. The van der Waals surface area contributed by atoms with Gasteiger partial charge in [0.2, 0.25) is 0 Å². The SMILES string of the molecule is CCCCCCc1ccc(-c2ncnc(-c3ccc(Br)cc3)n2)cc1. The molecule has 0 N–H and O–H groups in total.